The van der Waals surface area contributed by atoms with Crippen molar-refractivity contribution < 1.29 is 9.21 Å². The molecule has 0 saturated carbocycles. The molecule has 0 saturated heterocycles. The molecule has 1 amide bonds. The van der Waals surface area contributed by atoms with E-state index in [2.05, 4.69) is 10.4 Å². The lowest BCUT2D eigenvalue weighted by Crippen LogP contribution is -2.30. The zero-order valence-electron chi connectivity index (χ0n) is 8.47. The van der Waals surface area contributed by atoms with Crippen molar-refractivity contribution >= 4 is 28.8 Å². The molecule has 6 heteroatoms. The van der Waals surface area contributed by atoms with E-state index in [0.717, 1.165) is 11.1 Å². The molecule has 0 radical (unpaired) electrons. The summed E-state index contributed by atoms with van der Waals surface area (Å²) in [5.41, 5.74) is 3.66. The number of para-hydroxylation sites is 2. The molecule has 0 bridgehead atoms. The van der Waals surface area contributed by atoms with Crippen LogP contribution in [-0.2, 0) is 4.79 Å². The fourth-order valence-corrected chi connectivity index (χ4v) is 1.99. The third-order valence-electron chi connectivity index (χ3n) is 1.99. The molecule has 0 fully saturated rings. The Morgan fingerprint density at radius 3 is 3.06 bits per heavy atom. The lowest BCUT2D eigenvalue weighted by Gasteiger charge is -1.96. The largest absolute Gasteiger partial charge is 0.431 e. The Morgan fingerprint density at radius 2 is 2.31 bits per heavy atom. The van der Waals surface area contributed by atoms with Crippen LogP contribution in [0.2, 0.25) is 0 Å². The third-order valence-corrected chi connectivity index (χ3v) is 2.82. The number of nitrogens with one attached hydrogen (secondary N) is 1. The number of hydrazine groups is 1. The number of carbonyl (C=O) groups excluding carboxylic acids is 1. The Morgan fingerprint density at radius 1 is 1.50 bits per heavy atom. The van der Waals surface area contributed by atoms with Gasteiger partial charge >= 0.3 is 0 Å². The fourth-order valence-electron chi connectivity index (χ4n) is 1.22. The normalized spacial score (nSPS) is 10.6. The Hall–Kier alpha value is -1.53. The highest BCUT2D eigenvalue weighted by Crippen LogP contribution is 2.23. The van der Waals surface area contributed by atoms with Crippen molar-refractivity contribution in [2.75, 3.05) is 5.75 Å². The summed E-state index contributed by atoms with van der Waals surface area (Å²) < 4.78 is 5.47. The molecular formula is C10H11N3O2S. The second-order valence-corrected chi connectivity index (χ2v) is 4.16. The minimum absolute atomic E-state index is 0.191. The van der Waals surface area contributed by atoms with Gasteiger partial charge < -0.3 is 4.42 Å². The number of aromatic nitrogens is 1. The molecule has 0 spiro atoms. The Kier molecular flexibility index (Phi) is 3.43. The predicted octanol–water partition coefficient (Wildman–Crippen LogP) is 1.30. The number of hydrogen-bond donors (Lipinski definition) is 2. The van der Waals surface area contributed by atoms with E-state index < -0.39 is 0 Å². The third kappa shape index (κ3) is 2.53. The van der Waals surface area contributed by atoms with Crippen molar-refractivity contribution in [3.05, 3.63) is 24.3 Å². The fraction of sp³-hybridized carbons (Fsp3) is 0.200. The maximum Gasteiger partial charge on any atom is 0.256 e. The summed E-state index contributed by atoms with van der Waals surface area (Å²) >= 11 is 1.40. The number of amides is 1. The zero-order valence-corrected chi connectivity index (χ0v) is 9.29. The molecule has 0 aliphatic heterocycles. The van der Waals surface area contributed by atoms with Crippen LogP contribution < -0.4 is 11.3 Å². The van der Waals surface area contributed by atoms with E-state index in [9.17, 15) is 4.79 Å². The van der Waals surface area contributed by atoms with E-state index in [1.54, 1.807) is 0 Å². The Bertz CT molecular complexity index is 465. The van der Waals surface area contributed by atoms with E-state index >= 15 is 0 Å². The first-order valence-corrected chi connectivity index (χ1v) is 5.76. The predicted molar refractivity (Wildman–Crippen MR) is 61.7 cm³/mol. The number of fused-ring (bicyclic) bond motifs is 1. The first kappa shape index (κ1) is 11.0. The number of oxazole rings is 1. The van der Waals surface area contributed by atoms with E-state index in [1.807, 2.05) is 24.3 Å². The maximum atomic E-state index is 10.9. The number of rotatable bonds is 4. The first-order valence-electron chi connectivity index (χ1n) is 4.77. The van der Waals surface area contributed by atoms with Crippen molar-refractivity contribution in [2.45, 2.75) is 11.6 Å². The summed E-state index contributed by atoms with van der Waals surface area (Å²) in [7, 11) is 0. The average molecular weight is 237 g/mol. The monoisotopic (exact) mass is 237 g/mol. The van der Waals surface area contributed by atoms with Crippen LogP contribution in [0.4, 0.5) is 0 Å². The molecule has 1 heterocycles. The molecule has 1 aromatic heterocycles. The molecule has 0 unspecified atom stereocenters. The van der Waals surface area contributed by atoms with Crippen LogP contribution in [0.15, 0.2) is 33.9 Å². The minimum atomic E-state index is -0.191. The lowest BCUT2D eigenvalue weighted by molar-refractivity contribution is -0.120. The van der Waals surface area contributed by atoms with Gasteiger partial charge in [0.25, 0.3) is 5.22 Å². The maximum absolute atomic E-state index is 10.9. The van der Waals surface area contributed by atoms with Crippen molar-refractivity contribution in [3.63, 3.8) is 0 Å². The van der Waals surface area contributed by atoms with Crippen LogP contribution in [0.1, 0.15) is 6.42 Å². The lowest BCUT2D eigenvalue weighted by atomic mass is 10.3. The summed E-state index contributed by atoms with van der Waals surface area (Å²) in [5, 5.41) is 0.575. The van der Waals surface area contributed by atoms with Gasteiger partial charge in [0.1, 0.15) is 5.52 Å². The van der Waals surface area contributed by atoms with Gasteiger partial charge in [-0.1, -0.05) is 23.9 Å². The number of nitrogens with two attached hydrogens (primary N) is 1. The van der Waals surface area contributed by atoms with Crippen LogP contribution in [0.5, 0.6) is 0 Å². The van der Waals surface area contributed by atoms with Crippen LogP contribution in [0, 0.1) is 0 Å². The summed E-state index contributed by atoms with van der Waals surface area (Å²) in [4.78, 5) is 15.1. The molecule has 2 aromatic rings. The van der Waals surface area contributed by atoms with Crippen molar-refractivity contribution in [1.82, 2.24) is 10.4 Å². The van der Waals surface area contributed by atoms with Crippen molar-refractivity contribution in [1.29, 1.82) is 0 Å². The average Bonchev–Trinajstić information content (AvgIpc) is 2.71. The number of hydrogen-bond acceptors (Lipinski definition) is 5. The van der Waals surface area contributed by atoms with Crippen LogP contribution >= 0.6 is 11.8 Å². The Balaban J connectivity index is 1.97. The summed E-state index contributed by atoms with van der Waals surface area (Å²) in [5.74, 6) is 5.37. The van der Waals surface area contributed by atoms with Crippen molar-refractivity contribution in [3.8, 4) is 0 Å². The van der Waals surface area contributed by atoms with Gasteiger partial charge in [0, 0.05) is 12.2 Å². The van der Waals surface area contributed by atoms with Gasteiger partial charge in [-0.05, 0) is 12.1 Å². The topological polar surface area (TPSA) is 81.1 Å². The molecule has 1 aromatic carbocycles. The second kappa shape index (κ2) is 5.00. The van der Waals surface area contributed by atoms with Gasteiger partial charge in [0.2, 0.25) is 5.91 Å². The molecule has 84 valence electrons. The standard InChI is InChI=1S/C10H11N3O2S/c11-13-9(14)5-6-16-10-12-7-3-1-2-4-8(7)15-10/h1-4H,5-6,11H2,(H,13,14). The van der Waals surface area contributed by atoms with Gasteiger partial charge in [-0.3, -0.25) is 10.2 Å². The van der Waals surface area contributed by atoms with Gasteiger partial charge in [-0.15, -0.1) is 0 Å². The number of benzene rings is 1. The van der Waals surface area contributed by atoms with Crippen molar-refractivity contribution in [2.24, 2.45) is 5.84 Å². The summed E-state index contributed by atoms with van der Waals surface area (Å²) in [6.07, 6.45) is 0.347. The van der Waals surface area contributed by atoms with Gasteiger partial charge in [-0.25, -0.2) is 10.8 Å². The van der Waals surface area contributed by atoms with Gasteiger partial charge in [0.15, 0.2) is 5.58 Å². The van der Waals surface area contributed by atoms with E-state index in [1.165, 1.54) is 11.8 Å². The van der Waals surface area contributed by atoms with Crippen LogP contribution in [-0.4, -0.2) is 16.6 Å². The molecule has 16 heavy (non-hydrogen) atoms. The highest BCUT2D eigenvalue weighted by molar-refractivity contribution is 7.99. The minimum Gasteiger partial charge on any atom is -0.431 e. The van der Waals surface area contributed by atoms with Crippen LogP contribution in [0.25, 0.3) is 11.1 Å². The quantitative estimate of drug-likeness (QED) is 0.362. The first-order chi connectivity index (χ1) is 7.79. The number of carbonyl (C=O) groups is 1. The molecule has 3 N–H and O–H groups in total. The summed E-state index contributed by atoms with van der Waals surface area (Å²) in [6, 6.07) is 7.54. The molecule has 0 atom stereocenters. The number of thioether (sulfide) groups is 1. The smallest absolute Gasteiger partial charge is 0.256 e. The molecule has 0 aliphatic carbocycles. The second-order valence-electron chi connectivity index (χ2n) is 3.11. The highest BCUT2D eigenvalue weighted by Gasteiger charge is 2.06. The van der Waals surface area contributed by atoms with E-state index in [4.69, 9.17) is 10.3 Å². The highest BCUT2D eigenvalue weighted by atomic mass is 32.2. The Labute approximate surface area is 96.4 Å². The molecule has 2 rings (SSSR count). The zero-order chi connectivity index (χ0) is 11.4. The van der Waals surface area contributed by atoms with E-state index in [-0.39, 0.29) is 5.91 Å². The summed E-state index contributed by atoms with van der Waals surface area (Å²) in [6.45, 7) is 0. The van der Waals surface area contributed by atoms with Crippen LogP contribution in [0.3, 0.4) is 0 Å². The number of nitrogens with zero attached hydrogens (tertiary/aromatic N) is 1. The van der Waals surface area contributed by atoms with Gasteiger partial charge in [-0.2, -0.15) is 0 Å². The van der Waals surface area contributed by atoms with Gasteiger partial charge in [0.05, 0.1) is 0 Å². The SMILES string of the molecule is NNC(=O)CCSc1nc2ccccc2o1. The molecule has 5 nitrogen and oxygen atoms in total. The molecular weight excluding hydrogens is 226 g/mol. The van der Waals surface area contributed by atoms with E-state index in [0.29, 0.717) is 17.4 Å². The molecule has 0 aliphatic rings.